The van der Waals surface area contributed by atoms with E-state index in [1.807, 2.05) is 6.07 Å². The highest BCUT2D eigenvalue weighted by molar-refractivity contribution is 7.59. The van der Waals surface area contributed by atoms with E-state index in [2.05, 4.69) is 16.6 Å². The van der Waals surface area contributed by atoms with Crippen molar-refractivity contribution in [3.63, 3.8) is 0 Å². The van der Waals surface area contributed by atoms with Crippen molar-refractivity contribution >= 4 is 16.1 Å². The summed E-state index contributed by atoms with van der Waals surface area (Å²) in [7, 11) is -4.31. The Hall–Kier alpha value is -1.93. The van der Waals surface area contributed by atoms with Crippen LogP contribution in [0.25, 0.3) is 0 Å². The first-order valence-electron chi connectivity index (χ1n) is 11.4. The molecule has 0 radical (unpaired) electrons. The molecule has 0 spiro atoms. The Labute approximate surface area is 215 Å². The number of hydrogen-bond donors (Lipinski definition) is 2. The van der Waals surface area contributed by atoms with E-state index in [4.69, 9.17) is 43.1 Å². The van der Waals surface area contributed by atoms with Crippen LogP contribution in [0.1, 0.15) is 32.1 Å². The van der Waals surface area contributed by atoms with E-state index in [1.54, 1.807) is 13.8 Å². The van der Waals surface area contributed by atoms with Crippen molar-refractivity contribution in [2.24, 2.45) is 5.50 Å². The molecule has 1 fully saturated rings. The Kier molecular flexibility index (Phi) is 13.1. The first-order valence-corrected chi connectivity index (χ1v) is 14.2. The highest BCUT2D eigenvalue weighted by Crippen LogP contribution is 2.47. The maximum Gasteiger partial charge on any atom is 0.405 e. The quantitative estimate of drug-likeness (QED) is 0.189. The lowest BCUT2D eigenvalue weighted by molar-refractivity contribution is -0.0756. The van der Waals surface area contributed by atoms with Crippen molar-refractivity contribution in [2.45, 2.75) is 51.7 Å². The molecule has 1 saturated heterocycles. The van der Waals surface area contributed by atoms with Gasteiger partial charge in [0.25, 0.3) is 14.1 Å². The fourth-order valence-electron chi connectivity index (χ4n) is 3.23. The van der Waals surface area contributed by atoms with Crippen molar-refractivity contribution in [1.82, 2.24) is 9.55 Å². The zero-order valence-electron chi connectivity index (χ0n) is 21.1. The van der Waals surface area contributed by atoms with Crippen molar-refractivity contribution < 1.29 is 36.9 Å². The van der Waals surface area contributed by atoms with Crippen LogP contribution in [-0.2, 0) is 36.9 Å². The zero-order chi connectivity index (χ0) is 27.4. The molecule has 2 rings (SSSR count). The Morgan fingerprint density at radius 1 is 1.22 bits per heavy atom. The van der Waals surface area contributed by atoms with Gasteiger partial charge in [0, 0.05) is 24.5 Å². The molecule has 16 heteroatoms. The summed E-state index contributed by atoms with van der Waals surface area (Å²) >= 11 is 0. The summed E-state index contributed by atoms with van der Waals surface area (Å²) < 4.78 is 52.9. The van der Waals surface area contributed by atoms with Crippen LogP contribution in [0.5, 0.6) is 0 Å². The van der Waals surface area contributed by atoms with Gasteiger partial charge in [0.1, 0.15) is 12.2 Å². The summed E-state index contributed by atoms with van der Waals surface area (Å²) in [6, 6.07) is 1.94. The van der Waals surface area contributed by atoms with Gasteiger partial charge in [0.2, 0.25) is 0 Å². The van der Waals surface area contributed by atoms with E-state index < -0.39 is 51.9 Å². The number of aromatic amines is 1. The van der Waals surface area contributed by atoms with Gasteiger partial charge in [-0.3, -0.25) is 28.9 Å². The fraction of sp³-hybridized carbons (Fsp3) is 0.667. The molecule has 0 amide bonds. The lowest BCUT2D eigenvalue weighted by Crippen LogP contribution is -2.41. The predicted molar refractivity (Wildman–Crippen MR) is 132 cm³/mol. The maximum atomic E-state index is 12.9. The van der Waals surface area contributed by atoms with Gasteiger partial charge >= 0.3 is 13.3 Å². The number of nitrogens with one attached hydrogen (secondary N) is 1. The second kappa shape index (κ2) is 15.5. The Balaban J connectivity index is 2.51. The molecule has 0 aliphatic carbocycles. The third kappa shape index (κ3) is 9.10. The monoisotopic (exact) mass is 562 g/mol. The number of ether oxygens (including phenoxy) is 3. The standard InChI is InChI=1S/C21H32N4O10P2/c1-5-32-37(28,33-6-2)13-8-16-17(35-36(23)31-10-7-9-22)18(30-12-11-29-4)20(34-16)25-14-15(3)19(26)24-21(25)27/h14,16-18,20H,5-7,10-12,23H2,1-4H3,(H,24,26,27)/t16-,17-,18-,20-,36?/m1/s1. The number of aromatic nitrogens is 2. The summed E-state index contributed by atoms with van der Waals surface area (Å²) in [5.41, 5.74) is 7.48. The van der Waals surface area contributed by atoms with Crippen LogP contribution >= 0.6 is 16.1 Å². The van der Waals surface area contributed by atoms with Gasteiger partial charge in [-0.1, -0.05) is 5.92 Å². The number of nitriles is 1. The summed E-state index contributed by atoms with van der Waals surface area (Å²) in [5.74, 6) is 2.72. The van der Waals surface area contributed by atoms with E-state index in [0.29, 0.717) is 0 Å². The summed E-state index contributed by atoms with van der Waals surface area (Å²) in [6.45, 7) is 5.34. The Morgan fingerprint density at radius 2 is 1.92 bits per heavy atom. The van der Waals surface area contributed by atoms with Gasteiger partial charge in [0.05, 0.1) is 45.5 Å². The SMILES string of the molecule is CCOP(=O)(C#C[C@H]1O[C@@H](n2cc(C)c(=O)[nH]c2=O)[C@H](OCCOC)[C@@H]1OP(N)OCCC#N)OCC. The van der Waals surface area contributed by atoms with E-state index in [1.165, 1.54) is 20.2 Å². The first-order chi connectivity index (χ1) is 17.7. The van der Waals surface area contributed by atoms with Crippen LogP contribution in [0.4, 0.5) is 0 Å². The second-order valence-corrected chi connectivity index (χ2v) is 10.2. The maximum absolute atomic E-state index is 12.9. The average Bonchev–Trinajstić information content (AvgIpc) is 3.17. The van der Waals surface area contributed by atoms with E-state index >= 15 is 0 Å². The molecule has 0 bridgehead atoms. The van der Waals surface area contributed by atoms with Gasteiger partial charge in [-0.25, -0.2) is 9.36 Å². The molecule has 5 atom stereocenters. The van der Waals surface area contributed by atoms with E-state index in [0.717, 1.165) is 4.57 Å². The molecule has 37 heavy (non-hydrogen) atoms. The molecule has 0 saturated carbocycles. The molecule has 1 unspecified atom stereocenters. The normalized spacial score (nSPS) is 22.3. The number of methoxy groups -OCH3 is 1. The largest absolute Gasteiger partial charge is 0.405 e. The van der Waals surface area contributed by atoms with Gasteiger partial charge in [0.15, 0.2) is 12.3 Å². The van der Waals surface area contributed by atoms with Crippen molar-refractivity contribution in [3.8, 4) is 17.7 Å². The van der Waals surface area contributed by atoms with Crippen molar-refractivity contribution in [3.05, 3.63) is 32.6 Å². The molecule has 1 aromatic heterocycles. The summed E-state index contributed by atoms with van der Waals surface area (Å²) in [6.07, 6.45) is -2.85. The Bertz CT molecular complexity index is 1130. The minimum Gasteiger partial charge on any atom is -0.382 e. The van der Waals surface area contributed by atoms with Gasteiger partial charge in [-0.2, -0.15) is 5.26 Å². The number of H-pyrrole nitrogens is 1. The van der Waals surface area contributed by atoms with Crippen molar-refractivity contribution in [2.75, 3.05) is 40.1 Å². The summed E-state index contributed by atoms with van der Waals surface area (Å²) in [5, 5.41) is 8.75. The lowest BCUT2D eigenvalue weighted by Gasteiger charge is -2.26. The van der Waals surface area contributed by atoms with Crippen LogP contribution < -0.4 is 16.8 Å². The van der Waals surface area contributed by atoms with Crippen molar-refractivity contribution in [1.29, 1.82) is 5.26 Å². The molecular weight excluding hydrogens is 530 g/mol. The minimum absolute atomic E-state index is 0.0315. The average molecular weight is 562 g/mol. The number of nitrogens with two attached hydrogens (primary N) is 1. The molecule has 1 aliphatic heterocycles. The molecule has 14 nitrogen and oxygen atoms in total. The lowest BCUT2D eigenvalue weighted by atomic mass is 10.1. The van der Waals surface area contributed by atoms with Crippen LogP contribution in [0, 0.1) is 29.8 Å². The third-order valence-electron chi connectivity index (χ3n) is 4.81. The molecule has 0 aromatic carbocycles. The number of rotatable bonds is 14. The van der Waals surface area contributed by atoms with Crippen LogP contribution in [0.3, 0.4) is 0 Å². The fourth-order valence-corrected chi connectivity index (χ4v) is 5.20. The molecule has 1 aliphatic rings. The zero-order valence-corrected chi connectivity index (χ0v) is 22.9. The number of nitrogens with zero attached hydrogens (tertiary/aromatic N) is 2. The topological polar surface area (TPSA) is 186 Å². The Morgan fingerprint density at radius 3 is 2.54 bits per heavy atom. The van der Waals surface area contributed by atoms with E-state index in [9.17, 15) is 14.2 Å². The molecule has 206 valence electrons. The van der Waals surface area contributed by atoms with Gasteiger partial charge in [-0.15, -0.1) is 0 Å². The third-order valence-corrected chi connectivity index (χ3v) is 7.29. The van der Waals surface area contributed by atoms with Crippen LogP contribution in [-0.4, -0.2) is 68.0 Å². The first kappa shape index (κ1) is 31.3. The van der Waals surface area contributed by atoms with E-state index in [-0.39, 0.29) is 45.0 Å². The van der Waals surface area contributed by atoms with Crippen LogP contribution in [0.2, 0.25) is 0 Å². The number of hydrogen-bond acceptors (Lipinski definition) is 12. The minimum atomic E-state index is -3.78. The molecular formula is C21H32N4O10P2. The highest BCUT2D eigenvalue weighted by atomic mass is 31.2. The van der Waals surface area contributed by atoms with Gasteiger partial charge in [-0.05, 0) is 20.8 Å². The molecule has 3 N–H and O–H groups in total. The summed E-state index contributed by atoms with van der Waals surface area (Å²) in [4.78, 5) is 26.8. The highest BCUT2D eigenvalue weighted by Gasteiger charge is 2.48. The second-order valence-electron chi connectivity index (χ2n) is 7.44. The molecule has 1 aromatic rings. The molecule has 2 heterocycles. The predicted octanol–water partition coefficient (Wildman–Crippen LogP) is 1.50. The van der Waals surface area contributed by atoms with Gasteiger partial charge < -0.3 is 23.3 Å². The smallest absolute Gasteiger partial charge is 0.382 e. The van der Waals surface area contributed by atoms with Crippen LogP contribution in [0.15, 0.2) is 15.8 Å². The number of aryl methyl sites for hydroxylation is 1.